The Balaban J connectivity index is 0. The van der Waals surface area contributed by atoms with Gasteiger partial charge in [-0.15, -0.1) is 0 Å². The van der Waals surface area contributed by atoms with Gasteiger partial charge in [0.2, 0.25) is 0 Å². The second-order valence-corrected chi connectivity index (χ2v) is 5.72. The second kappa shape index (κ2) is 6.58. The van der Waals surface area contributed by atoms with Crippen molar-refractivity contribution in [3.05, 3.63) is 7.11 Å². The molecule has 0 amide bonds. The zero-order chi connectivity index (χ0) is 13.7. The van der Waals surface area contributed by atoms with Crippen LogP contribution in [0.5, 0.6) is 0 Å². The number of ether oxygens (including phenoxy) is 1. The van der Waals surface area contributed by atoms with Gasteiger partial charge in [0, 0.05) is 12.0 Å². The molecule has 0 aliphatic rings. The van der Waals surface area contributed by atoms with Crippen molar-refractivity contribution in [1.29, 1.82) is 0 Å². The maximum absolute atomic E-state index is 10.4. The summed E-state index contributed by atoms with van der Waals surface area (Å²) in [5, 5.41) is 0. The predicted molar refractivity (Wildman–Crippen MR) is 54.4 cm³/mol. The van der Waals surface area contributed by atoms with E-state index in [9.17, 15) is 16.8 Å². The van der Waals surface area contributed by atoms with Crippen molar-refractivity contribution in [3.8, 4) is 0 Å². The van der Waals surface area contributed by atoms with E-state index in [1.807, 2.05) is 0 Å². The van der Waals surface area contributed by atoms with Gasteiger partial charge in [-0.3, -0.25) is 9.11 Å². The molecule has 0 spiro atoms. The zero-order valence-electron chi connectivity index (χ0n) is 9.60. The third kappa shape index (κ3) is 9.89. The number of rotatable bonds is 8. The summed E-state index contributed by atoms with van der Waals surface area (Å²) < 4.78 is 70.8. The van der Waals surface area contributed by atoms with Gasteiger partial charge >= 0.3 is 20.8 Å². The molecule has 0 aliphatic heterocycles. The molecule has 0 heterocycles. The largest absolute Gasteiger partial charge is 0.554 e. The van der Waals surface area contributed by atoms with Crippen LogP contribution in [0.1, 0.15) is 6.92 Å². The van der Waals surface area contributed by atoms with Crippen LogP contribution in [0.4, 0.5) is 0 Å². The average Bonchev–Trinajstić information content (AvgIpc) is 2.11. The van der Waals surface area contributed by atoms with Crippen molar-refractivity contribution in [2.45, 2.75) is 6.92 Å². The van der Waals surface area contributed by atoms with Gasteiger partial charge in [-0.25, -0.2) is 15.5 Å². The van der Waals surface area contributed by atoms with Crippen molar-refractivity contribution in [1.82, 2.24) is 0 Å². The third-order valence-electron chi connectivity index (χ3n) is 1.56. The van der Waals surface area contributed by atoms with Crippen LogP contribution in [-0.4, -0.2) is 45.8 Å². The Kier molecular flexibility index (Phi) is 6.97. The van der Waals surface area contributed by atoms with E-state index in [0.29, 0.717) is 0 Å². The molecule has 0 aliphatic carbocycles. The van der Waals surface area contributed by atoms with E-state index in [1.165, 1.54) is 6.92 Å². The summed E-state index contributed by atoms with van der Waals surface area (Å²) in [6, 6.07) is 0. The first-order chi connectivity index (χ1) is 7.47. The van der Waals surface area contributed by atoms with Crippen LogP contribution in [0.25, 0.3) is 0 Å². The number of hydrogen-bond acceptors (Lipinski definition) is 7. The van der Waals surface area contributed by atoms with Gasteiger partial charge in [0.25, 0.3) is 0 Å². The monoisotopic (exact) mass is 560 g/mol. The van der Waals surface area contributed by atoms with Crippen LogP contribution in [0, 0.1) is 12.5 Å². The fourth-order valence-corrected chi connectivity index (χ4v) is 1.67. The van der Waals surface area contributed by atoms with Crippen LogP contribution >= 0.6 is 0 Å². The first-order valence-electron chi connectivity index (χ1n) is 4.08. The van der Waals surface area contributed by atoms with Gasteiger partial charge in [0.15, 0.2) is 0 Å². The van der Waals surface area contributed by atoms with E-state index in [-0.39, 0.29) is 6.61 Å². The third-order valence-corrected chi connectivity index (χ3v) is 2.39. The maximum atomic E-state index is 10.4. The minimum Gasteiger partial charge on any atom is -0.554 e. The Hall–Kier alpha value is -1.30. The Bertz CT molecular complexity index is 392. The molecule has 0 aromatic heterocycles. The quantitative estimate of drug-likeness (QED) is 0.296. The van der Waals surface area contributed by atoms with E-state index in [0.717, 1.165) is 0 Å². The molecular formula is C6H13O9RfS2-. The van der Waals surface area contributed by atoms with Gasteiger partial charge < -0.3 is 4.74 Å². The first-order valence-corrected chi connectivity index (χ1v) is 6.81. The minimum absolute atomic E-state index is 0. The van der Waals surface area contributed by atoms with E-state index in [1.54, 1.807) is 0 Å². The second-order valence-electron chi connectivity index (χ2n) is 3.54. The summed E-state index contributed by atoms with van der Waals surface area (Å²) in [6.45, 7) is -0.111. The Morgan fingerprint density at radius 1 is 1.00 bits per heavy atom. The minimum atomic E-state index is -4.67. The van der Waals surface area contributed by atoms with Gasteiger partial charge in [-0.05, 0) is 0 Å². The fraction of sp³-hybridized carbons (Fsp3) is 0.833. The predicted octanol–water partition coefficient (Wildman–Crippen LogP) is -0.560. The molecule has 0 saturated carbocycles. The van der Waals surface area contributed by atoms with Gasteiger partial charge in [0.1, 0.15) is 0 Å². The molecule has 9 nitrogen and oxygen atoms in total. The molecule has 0 aromatic carbocycles. The first kappa shape index (κ1) is 19.0. The van der Waals surface area contributed by atoms with Crippen molar-refractivity contribution >= 4 is 20.8 Å². The molecular weight excluding hydrogens is 547 g/mol. The van der Waals surface area contributed by atoms with Gasteiger partial charge in [-0.2, -0.15) is 16.8 Å². The number of hydrogen-bond donors (Lipinski definition) is 2. The normalized spacial score (nSPS) is 13.1. The molecule has 0 rings (SSSR count). The average molecular weight is 560 g/mol. The maximum Gasteiger partial charge on any atom is 0.397 e. The van der Waals surface area contributed by atoms with Crippen LogP contribution in [-0.2, 0) is 33.9 Å². The summed E-state index contributed by atoms with van der Waals surface area (Å²) in [7, 11) is -6.32. The molecule has 0 aromatic rings. The molecule has 0 bridgehead atoms. The van der Waals surface area contributed by atoms with Crippen LogP contribution in [0.2, 0.25) is 0 Å². The Morgan fingerprint density at radius 3 is 1.56 bits per heavy atom. The van der Waals surface area contributed by atoms with E-state index >= 15 is 0 Å². The van der Waals surface area contributed by atoms with Crippen molar-refractivity contribution in [2.24, 2.45) is 5.41 Å². The smallest absolute Gasteiger partial charge is 0.397 e. The molecule has 18 heavy (non-hydrogen) atoms. The van der Waals surface area contributed by atoms with Crippen LogP contribution in [0.3, 0.4) is 0 Å². The summed E-state index contributed by atoms with van der Waals surface area (Å²) in [5.74, 6) is 0. The molecule has 0 radical (unpaired) electrons. The zero-order valence-corrected chi connectivity index (χ0v) is 17.6. The molecule has 0 atom stereocenters. The molecule has 12 heteroatoms. The molecule has 106 valence electrons. The van der Waals surface area contributed by atoms with Gasteiger partial charge in [0.05, 0.1) is 13.2 Å². The van der Waals surface area contributed by atoms with E-state index in [4.69, 9.17) is 9.11 Å². The van der Waals surface area contributed by atoms with E-state index < -0.39 is 39.4 Å². The van der Waals surface area contributed by atoms with Crippen LogP contribution < -0.4 is 0 Å². The fourth-order valence-electron chi connectivity index (χ4n) is 0.805. The Labute approximate surface area is 99.6 Å². The standard InChI is InChI=1S/C6H13O9S2.Rf/c1-6(3-13-2,4-14-16(7,8)9)5-15-17(10,11)12;/h2-5H2,1H3,(H,7,8,9)(H,10,11,12);/q-1;. The van der Waals surface area contributed by atoms with Crippen molar-refractivity contribution < 1.29 is 39.0 Å². The summed E-state index contributed by atoms with van der Waals surface area (Å²) in [4.78, 5) is 0. The summed E-state index contributed by atoms with van der Waals surface area (Å²) >= 11 is 0. The summed E-state index contributed by atoms with van der Waals surface area (Å²) in [6.07, 6.45) is 0. The molecule has 0 unspecified atom stereocenters. The van der Waals surface area contributed by atoms with E-state index in [2.05, 4.69) is 20.2 Å². The summed E-state index contributed by atoms with van der Waals surface area (Å²) in [5.41, 5.74) is -1.24. The molecule has 2 N–H and O–H groups in total. The topological polar surface area (TPSA) is 136 Å². The Morgan fingerprint density at radius 2 is 1.33 bits per heavy atom. The van der Waals surface area contributed by atoms with Crippen LogP contribution in [0.15, 0.2) is 0 Å². The van der Waals surface area contributed by atoms with Crippen molar-refractivity contribution in [2.75, 3.05) is 19.8 Å². The van der Waals surface area contributed by atoms with Gasteiger partial charge in [-0.1, -0.05) is 6.92 Å². The molecule has 0 saturated heterocycles. The molecule has 0 fully saturated rings. The van der Waals surface area contributed by atoms with Crippen molar-refractivity contribution in [3.63, 3.8) is 0 Å². The SMILES string of the molecule is [CH2-]OCC(C)(COS(=O)(=O)O)COS(=O)(=O)O.[Rf].